The summed E-state index contributed by atoms with van der Waals surface area (Å²) in [6.07, 6.45) is 2.02. The van der Waals surface area contributed by atoms with Crippen molar-refractivity contribution in [3.8, 4) is 0 Å². The first-order valence-electron chi connectivity index (χ1n) is 13.2. The molecule has 0 bridgehead atoms. The van der Waals surface area contributed by atoms with Gasteiger partial charge in [0.25, 0.3) is 10.0 Å². The van der Waals surface area contributed by atoms with E-state index in [4.69, 9.17) is 11.6 Å². The summed E-state index contributed by atoms with van der Waals surface area (Å²) in [6, 6.07) is 17.9. The van der Waals surface area contributed by atoms with Crippen LogP contribution < -0.4 is 9.62 Å². The zero-order chi connectivity index (χ0) is 29.3. The molecule has 0 radical (unpaired) electrons. The fourth-order valence-electron chi connectivity index (χ4n) is 4.32. The number of amides is 2. The van der Waals surface area contributed by atoms with Crippen molar-refractivity contribution in [2.45, 2.75) is 57.5 Å². The Kier molecular flexibility index (Phi) is 11.1. The largest absolute Gasteiger partial charge is 0.354 e. The van der Waals surface area contributed by atoms with Gasteiger partial charge in [-0.05, 0) is 55.7 Å². The summed E-state index contributed by atoms with van der Waals surface area (Å²) in [4.78, 5) is 28.6. The first-order valence-corrected chi connectivity index (χ1v) is 15.1. The molecule has 0 fully saturated rings. The van der Waals surface area contributed by atoms with Gasteiger partial charge in [-0.2, -0.15) is 0 Å². The van der Waals surface area contributed by atoms with E-state index in [0.717, 1.165) is 34.3 Å². The maximum absolute atomic E-state index is 14.0. The molecule has 0 heterocycles. The van der Waals surface area contributed by atoms with E-state index in [-0.39, 0.29) is 28.1 Å². The standard InChI is InChI=1S/C30H35ClFN3O4S/c1-4-6-17-33-30(37)28(5-2)34(20-23-12-10-11-22(3)18-23)29(36)21-35(24-15-16-27(32)26(31)19-24)40(38,39)25-13-8-7-9-14-25/h7-16,18-19,28H,4-6,17,20-21H2,1-3H3,(H,33,37). The Morgan fingerprint density at radius 2 is 1.73 bits per heavy atom. The SMILES string of the molecule is CCCCNC(=O)C(CC)N(Cc1cccc(C)c1)C(=O)CN(c1ccc(F)c(Cl)c1)S(=O)(=O)c1ccccc1. The zero-order valence-corrected chi connectivity index (χ0v) is 24.5. The smallest absolute Gasteiger partial charge is 0.264 e. The number of nitrogens with one attached hydrogen (secondary N) is 1. The first kappa shape index (κ1) is 31.1. The zero-order valence-electron chi connectivity index (χ0n) is 22.9. The van der Waals surface area contributed by atoms with Crippen LogP contribution in [-0.4, -0.2) is 44.3 Å². The molecule has 3 aromatic carbocycles. The predicted octanol–water partition coefficient (Wildman–Crippen LogP) is 5.71. The van der Waals surface area contributed by atoms with Crippen molar-refractivity contribution in [2.75, 3.05) is 17.4 Å². The molecule has 10 heteroatoms. The van der Waals surface area contributed by atoms with Crippen LogP contribution >= 0.6 is 11.6 Å². The topological polar surface area (TPSA) is 86.8 Å². The molecule has 1 unspecified atom stereocenters. The number of anilines is 1. The molecule has 214 valence electrons. The molecule has 3 aromatic rings. The highest BCUT2D eigenvalue weighted by atomic mass is 35.5. The number of sulfonamides is 1. The fraction of sp³-hybridized carbons (Fsp3) is 0.333. The highest BCUT2D eigenvalue weighted by Gasteiger charge is 2.33. The molecular formula is C30H35ClFN3O4S. The van der Waals surface area contributed by atoms with E-state index in [0.29, 0.717) is 13.0 Å². The van der Waals surface area contributed by atoms with Crippen molar-refractivity contribution >= 4 is 39.1 Å². The molecule has 1 N–H and O–H groups in total. The summed E-state index contributed by atoms with van der Waals surface area (Å²) >= 11 is 6.01. The van der Waals surface area contributed by atoms with Gasteiger partial charge in [-0.15, -0.1) is 0 Å². The number of halogens is 2. The Bertz CT molecular complexity index is 1420. The lowest BCUT2D eigenvalue weighted by atomic mass is 10.1. The molecule has 0 aliphatic rings. The quantitative estimate of drug-likeness (QED) is 0.260. The lowest BCUT2D eigenvalue weighted by Crippen LogP contribution is -2.52. The Balaban J connectivity index is 2.05. The van der Waals surface area contributed by atoms with E-state index < -0.39 is 34.3 Å². The minimum Gasteiger partial charge on any atom is -0.354 e. The lowest BCUT2D eigenvalue weighted by Gasteiger charge is -2.33. The number of carbonyl (C=O) groups is 2. The third-order valence-electron chi connectivity index (χ3n) is 6.45. The molecule has 0 saturated heterocycles. The van der Waals surface area contributed by atoms with Gasteiger partial charge < -0.3 is 10.2 Å². The number of carbonyl (C=O) groups excluding carboxylic acids is 2. The summed E-state index contributed by atoms with van der Waals surface area (Å²) in [7, 11) is -4.26. The van der Waals surface area contributed by atoms with Crippen molar-refractivity contribution < 1.29 is 22.4 Å². The molecule has 0 spiro atoms. The van der Waals surface area contributed by atoms with E-state index in [2.05, 4.69) is 5.32 Å². The number of rotatable bonds is 13. The van der Waals surface area contributed by atoms with Crippen molar-refractivity contribution in [3.63, 3.8) is 0 Å². The normalized spacial score (nSPS) is 12.0. The third kappa shape index (κ3) is 7.82. The minimum absolute atomic E-state index is 0.0274. The van der Waals surface area contributed by atoms with Gasteiger partial charge in [-0.1, -0.05) is 79.9 Å². The second-order valence-corrected chi connectivity index (χ2v) is 11.8. The van der Waals surface area contributed by atoms with E-state index in [1.165, 1.54) is 29.2 Å². The molecule has 0 aliphatic heterocycles. The van der Waals surface area contributed by atoms with E-state index in [1.807, 2.05) is 38.1 Å². The van der Waals surface area contributed by atoms with Crippen molar-refractivity contribution in [3.05, 3.63) is 94.8 Å². The summed E-state index contributed by atoms with van der Waals surface area (Å²) < 4.78 is 42.5. The lowest BCUT2D eigenvalue weighted by molar-refractivity contribution is -0.140. The van der Waals surface area contributed by atoms with Gasteiger partial charge in [-0.25, -0.2) is 12.8 Å². The van der Waals surface area contributed by atoms with E-state index >= 15 is 0 Å². The molecule has 0 aliphatic carbocycles. The monoisotopic (exact) mass is 587 g/mol. The molecule has 7 nitrogen and oxygen atoms in total. The number of nitrogens with zero attached hydrogens (tertiary/aromatic N) is 2. The summed E-state index contributed by atoms with van der Waals surface area (Å²) in [6.45, 7) is 5.70. The van der Waals surface area contributed by atoms with Crippen LogP contribution in [-0.2, 0) is 26.2 Å². The molecular weight excluding hydrogens is 553 g/mol. The number of aryl methyl sites for hydroxylation is 1. The van der Waals surface area contributed by atoms with Gasteiger partial charge in [0.1, 0.15) is 18.4 Å². The van der Waals surface area contributed by atoms with Crippen LogP contribution in [0.1, 0.15) is 44.2 Å². The number of benzene rings is 3. The fourth-order valence-corrected chi connectivity index (χ4v) is 5.92. The van der Waals surface area contributed by atoms with Gasteiger partial charge in [0.15, 0.2) is 0 Å². The second kappa shape index (κ2) is 14.3. The highest BCUT2D eigenvalue weighted by molar-refractivity contribution is 7.92. The molecule has 40 heavy (non-hydrogen) atoms. The van der Waals surface area contributed by atoms with Gasteiger partial charge in [0, 0.05) is 13.1 Å². The predicted molar refractivity (Wildman–Crippen MR) is 156 cm³/mol. The van der Waals surface area contributed by atoms with Crippen LogP contribution in [0.15, 0.2) is 77.7 Å². The number of unbranched alkanes of at least 4 members (excludes halogenated alkanes) is 1. The molecule has 0 saturated carbocycles. The van der Waals surface area contributed by atoms with Gasteiger partial charge in [0.05, 0.1) is 15.6 Å². The minimum atomic E-state index is -4.26. The molecule has 3 rings (SSSR count). The van der Waals surface area contributed by atoms with Crippen LogP contribution in [0.5, 0.6) is 0 Å². The number of hydrogen-bond donors (Lipinski definition) is 1. The Hall–Kier alpha value is -3.43. The Morgan fingerprint density at radius 1 is 1.00 bits per heavy atom. The average Bonchev–Trinajstić information content (AvgIpc) is 2.93. The first-order chi connectivity index (χ1) is 19.1. The van der Waals surface area contributed by atoms with Crippen LogP contribution in [0.25, 0.3) is 0 Å². The maximum atomic E-state index is 14.0. The number of hydrogen-bond acceptors (Lipinski definition) is 4. The molecule has 0 aromatic heterocycles. The molecule has 2 amide bonds. The second-order valence-electron chi connectivity index (χ2n) is 9.50. The Labute approximate surface area is 241 Å². The molecule has 1 atom stereocenters. The third-order valence-corrected chi connectivity index (χ3v) is 8.53. The van der Waals surface area contributed by atoms with Gasteiger partial charge in [-0.3, -0.25) is 13.9 Å². The van der Waals surface area contributed by atoms with Crippen molar-refractivity contribution in [1.82, 2.24) is 10.2 Å². The summed E-state index contributed by atoms with van der Waals surface area (Å²) in [5.74, 6) is -1.61. The van der Waals surface area contributed by atoms with Gasteiger partial charge >= 0.3 is 0 Å². The summed E-state index contributed by atoms with van der Waals surface area (Å²) in [5.41, 5.74) is 1.81. The Morgan fingerprint density at radius 3 is 2.35 bits per heavy atom. The highest BCUT2D eigenvalue weighted by Crippen LogP contribution is 2.28. The van der Waals surface area contributed by atoms with E-state index in [1.54, 1.807) is 25.1 Å². The average molecular weight is 588 g/mol. The van der Waals surface area contributed by atoms with Crippen LogP contribution in [0.3, 0.4) is 0 Å². The van der Waals surface area contributed by atoms with Crippen LogP contribution in [0.2, 0.25) is 5.02 Å². The van der Waals surface area contributed by atoms with E-state index in [9.17, 15) is 22.4 Å². The van der Waals surface area contributed by atoms with Crippen LogP contribution in [0, 0.1) is 12.7 Å². The summed E-state index contributed by atoms with van der Waals surface area (Å²) in [5, 5.41) is 2.62. The van der Waals surface area contributed by atoms with Crippen molar-refractivity contribution in [2.24, 2.45) is 0 Å². The van der Waals surface area contributed by atoms with Gasteiger partial charge in [0.2, 0.25) is 11.8 Å². The van der Waals surface area contributed by atoms with Crippen LogP contribution in [0.4, 0.5) is 10.1 Å². The van der Waals surface area contributed by atoms with Crippen molar-refractivity contribution in [1.29, 1.82) is 0 Å². The maximum Gasteiger partial charge on any atom is 0.264 e.